The highest BCUT2D eigenvalue weighted by atomic mass is 19.1. The summed E-state index contributed by atoms with van der Waals surface area (Å²) < 4.78 is 13.8. The molecule has 0 amide bonds. The second kappa shape index (κ2) is 5.27. The van der Waals surface area contributed by atoms with Crippen molar-refractivity contribution in [2.45, 2.75) is 19.9 Å². The average Bonchev–Trinajstić information content (AvgIpc) is 2.37. The predicted octanol–water partition coefficient (Wildman–Crippen LogP) is 3.15. The van der Waals surface area contributed by atoms with Crippen LogP contribution in [0.25, 0.3) is 0 Å². The summed E-state index contributed by atoms with van der Waals surface area (Å²) in [7, 11) is 1.84. The fourth-order valence-electron chi connectivity index (χ4n) is 2.19. The second-order valence-electron chi connectivity index (χ2n) is 4.41. The van der Waals surface area contributed by atoms with Crippen LogP contribution in [0.4, 0.5) is 4.39 Å². The fourth-order valence-corrected chi connectivity index (χ4v) is 2.19. The summed E-state index contributed by atoms with van der Waals surface area (Å²) in [5.74, 6) is -0.280. The summed E-state index contributed by atoms with van der Waals surface area (Å²) in [4.78, 5) is 3.79. The Kier molecular flexibility index (Phi) is 3.72. The Labute approximate surface area is 107 Å². The van der Waals surface area contributed by atoms with Crippen molar-refractivity contribution in [1.29, 1.82) is 0 Å². The van der Waals surface area contributed by atoms with Crippen molar-refractivity contribution in [2.24, 2.45) is 0 Å². The number of nitrogens with one attached hydrogen (secondary N) is 1. The maximum absolute atomic E-state index is 13.8. The number of pyridine rings is 1. The molecule has 1 unspecified atom stereocenters. The molecule has 0 fully saturated rings. The lowest BCUT2D eigenvalue weighted by molar-refractivity contribution is 0.569. The van der Waals surface area contributed by atoms with Gasteiger partial charge in [-0.05, 0) is 43.7 Å². The van der Waals surface area contributed by atoms with Gasteiger partial charge in [0.1, 0.15) is 5.82 Å². The third-order valence-corrected chi connectivity index (χ3v) is 3.36. The molecular weight excluding hydrogens is 227 g/mol. The van der Waals surface area contributed by atoms with E-state index < -0.39 is 0 Å². The molecule has 0 aliphatic carbocycles. The molecule has 0 bridgehead atoms. The Morgan fingerprint density at radius 2 is 1.94 bits per heavy atom. The smallest absolute Gasteiger partial charge is 0.146 e. The van der Waals surface area contributed by atoms with Gasteiger partial charge in [-0.1, -0.05) is 18.2 Å². The monoisotopic (exact) mass is 244 g/mol. The highest BCUT2D eigenvalue weighted by molar-refractivity contribution is 5.40. The Balaban J connectivity index is 2.53. The van der Waals surface area contributed by atoms with E-state index in [4.69, 9.17) is 0 Å². The molecule has 1 heterocycles. The zero-order valence-electron chi connectivity index (χ0n) is 10.9. The Hall–Kier alpha value is -1.74. The van der Waals surface area contributed by atoms with Gasteiger partial charge in [-0.3, -0.25) is 4.98 Å². The topological polar surface area (TPSA) is 24.9 Å². The summed E-state index contributed by atoms with van der Waals surface area (Å²) in [6, 6.07) is 7.67. The first kappa shape index (κ1) is 12.7. The van der Waals surface area contributed by atoms with E-state index in [-0.39, 0.29) is 11.9 Å². The van der Waals surface area contributed by atoms with Gasteiger partial charge in [0.15, 0.2) is 0 Å². The summed E-state index contributed by atoms with van der Waals surface area (Å²) >= 11 is 0. The SMILES string of the molecule is CNC(c1ccncc1F)c1cccc(C)c1C. The highest BCUT2D eigenvalue weighted by Gasteiger charge is 2.18. The van der Waals surface area contributed by atoms with Gasteiger partial charge in [-0.2, -0.15) is 0 Å². The van der Waals surface area contributed by atoms with Crippen molar-refractivity contribution in [3.63, 3.8) is 0 Å². The van der Waals surface area contributed by atoms with Crippen LogP contribution < -0.4 is 5.32 Å². The van der Waals surface area contributed by atoms with Gasteiger partial charge in [-0.15, -0.1) is 0 Å². The quantitative estimate of drug-likeness (QED) is 0.897. The van der Waals surface area contributed by atoms with Crippen LogP contribution in [0, 0.1) is 19.7 Å². The molecule has 0 aliphatic heterocycles. The zero-order valence-corrected chi connectivity index (χ0v) is 10.9. The predicted molar refractivity (Wildman–Crippen MR) is 71.0 cm³/mol. The maximum Gasteiger partial charge on any atom is 0.146 e. The van der Waals surface area contributed by atoms with E-state index >= 15 is 0 Å². The van der Waals surface area contributed by atoms with Crippen LogP contribution in [0.5, 0.6) is 0 Å². The van der Waals surface area contributed by atoms with Gasteiger partial charge < -0.3 is 5.32 Å². The molecular formula is C15H17FN2. The van der Waals surface area contributed by atoms with Crippen molar-refractivity contribution < 1.29 is 4.39 Å². The number of rotatable bonds is 3. The van der Waals surface area contributed by atoms with Gasteiger partial charge in [-0.25, -0.2) is 4.39 Å². The summed E-state index contributed by atoms with van der Waals surface area (Å²) in [5, 5.41) is 3.18. The molecule has 0 radical (unpaired) electrons. The highest BCUT2D eigenvalue weighted by Crippen LogP contribution is 2.27. The average molecular weight is 244 g/mol. The van der Waals surface area contributed by atoms with Gasteiger partial charge >= 0.3 is 0 Å². The van der Waals surface area contributed by atoms with E-state index in [1.165, 1.54) is 17.3 Å². The van der Waals surface area contributed by atoms with E-state index in [1.807, 2.05) is 19.2 Å². The van der Waals surface area contributed by atoms with Crippen LogP contribution in [-0.2, 0) is 0 Å². The second-order valence-corrected chi connectivity index (χ2v) is 4.41. The minimum absolute atomic E-state index is 0.145. The normalized spacial score (nSPS) is 12.4. The van der Waals surface area contributed by atoms with E-state index in [9.17, 15) is 4.39 Å². The Morgan fingerprint density at radius 3 is 2.61 bits per heavy atom. The molecule has 18 heavy (non-hydrogen) atoms. The number of aromatic nitrogens is 1. The molecule has 0 spiro atoms. The first-order chi connectivity index (χ1) is 8.65. The van der Waals surface area contributed by atoms with Crippen LogP contribution in [-0.4, -0.2) is 12.0 Å². The Bertz CT molecular complexity index is 552. The molecule has 94 valence electrons. The zero-order chi connectivity index (χ0) is 13.1. The standard InChI is InChI=1S/C15H17FN2/c1-10-5-4-6-12(11(10)2)15(17-3)13-7-8-18-9-14(13)16/h4-9,15,17H,1-3H3. The fraction of sp³-hybridized carbons (Fsp3) is 0.267. The minimum atomic E-state index is -0.280. The van der Waals surface area contributed by atoms with Gasteiger partial charge in [0.05, 0.1) is 12.2 Å². The van der Waals surface area contributed by atoms with E-state index in [2.05, 4.69) is 30.2 Å². The maximum atomic E-state index is 13.8. The molecule has 1 N–H and O–H groups in total. The molecule has 3 heteroatoms. The van der Waals surface area contributed by atoms with Gasteiger partial charge in [0.2, 0.25) is 0 Å². The number of benzene rings is 1. The lowest BCUT2D eigenvalue weighted by Gasteiger charge is -2.20. The summed E-state index contributed by atoms with van der Waals surface area (Å²) in [6.45, 7) is 4.13. The van der Waals surface area contributed by atoms with Gasteiger partial charge in [0, 0.05) is 11.8 Å². The molecule has 2 aromatic rings. The molecule has 2 nitrogen and oxygen atoms in total. The van der Waals surface area contributed by atoms with E-state index in [1.54, 1.807) is 12.3 Å². The lowest BCUT2D eigenvalue weighted by atomic mass is 9.93. The molecule has 0 saturated carbocycles. The van der Waals surface area contributed by atoms with Crippen LogP contribution in [0.15, 0.2) is 36.7 Å². The molecule has 1 atom stereocenters. The van der Waals surface area contributed by atoms with E-state index in [0.717, 1.165) is 5.56 Å². The molecule has 0 saturated heterocycles. The number of aryl methyl sites for hydroxylation is 1. The molecule has 2 rings (SSSR count). The van der Waals surface area contributed by atoms with Crippen molar-refractivity contribution in [3.8, 4) is 0 Å². The molecule has 0 aliphatic rings. The first-order valence-corrected chi connectivity index (χ1v) is 5.98. The lowest BCUT2D eigenvalue weighted by Crippen LogP contribution is -2.20. The van der Waals surface area contributed by atoms with Crippen molar-refractivity contribution in [2.75, 3.05) is 7.05 Å². The van der Waals surface area contributed by atoms with Crippen LogP contribution in [0.2, 0.25) is 0 Å². The third-order valence-electron chi connectivity index (χ3n) is 3.36. The van der Waals surface area contributed by atoms with Crippen molar-refractivity contribution in [3.05, 3.63) is 64.7 Å². The number of halogens is 1. The summed E-state index contributed by atoms with van der Waals surface area (Å²) in [6.07, 6.45) is 2.87. The Morgan fingerprint density at radius 1 is 1.17 bits per heavy atom. The number of nitrogens with zero attached hydrogens (tertiary/aromatic N) is 1. The molecule has 1 aromatic carbocycles. The third kappa shape index (κ3) is 2.27. The largest absolute Gasteiger partial charge is 0.309 e. The number of hydrogen-bond donors (Lipinski definition) is 1. The van der Waals surface area contributed by atoms with Crippen molar-refractivity contribution >= 4 is 0 Å². The van der Waals surface area contributed by atoms with Crippen LogP contribution >= 0.6 is 0 Å². The summed E-state index contributed by atoms with van der Waals surface area (Å²) in [5.41, 5.74) is 4.12. The first-order valence-electron chi connectivity index (χ1n) is 5.98. The minimum Gasteiger partial charge on any atom is -0.309 e. The van der Waals surface area contributed by atoms with Crippen LogP contribution in [0.1, 0.15) is 28.3 Å². The number of hydrogen-bond acceptors (Lipinski definition) is 2. The van der Waals surface area contributed by atoms with E-state index in [0.29, 0.717) is 5.56 Å². The van der Waals surface area contributed by atoms with Gasteiger partial charge in [0.25, 0.3) is 0 Å². The molecule has 1 aromatic heterocycles. The van der Waals surface area contributed by atoms with Crippen molar-refractivity contribution in [1.82, 2.24) is 10.3 Å². The van der Waals surface area contributed by atoms with Crippen LogP contribution in [0.3, 0.4) is 0 Å².